The van der Waals surface area contributed by atoms with Crippen molar-refractivity contribution in [3.8, 4) is 0 Å². The number of sulfonamides is 1. The van der Waals surface area contributed by atoms with Gasteiger partial charge in [-0.1, -0.05) is 96.7 Å². The van der Waals surface area contributed by atoms with E-state index < -0.39 is 34.3 Å². The number of carbonyl (C=O) groups excluding carboxylic acids is 2. The summed E-state index contributed by atoms with van der Waals surface area (Å²) in [6.45, 7) is 1.18. The van der Waals surface area contributed by atoms with Crippen LogP contribution in [0.5, 0.6) is 0 Å². The number of amides is 2. The number of para-hydroxylation sites is 1. The van der Waals surface area contributed by atoms with Crippen molar-refractivity contribution in [2.24, 2.45) is 0 Å². The zero-order valence-electron chi connectivity index (χ0n) is 25.6. The van der Waals surface area contributed by atoms with Crippen LogP contribution < -0.4 is 9.62 Å². The third-order valence-electron chi connectivity index (χ3n) is 8.25. The predicted octanol–water partition coefficient (Wildman–Crippen LogP) is 6.68. The summed E-state index contributed by atoms with van der Waals surface area (Å²) in [6, 6.07) is 26.8. The fraction of sp³-hybridized carbons (Fsp3) is 0.278. The van der Waals surface area contributed by atoms with Crippen LogP contribution in [0.1, 0.15) is 42.4 Å². The van der Waals surface area contributed by atoms with Gasteiger partial charge in [-0.15, -0.1) is 0 Å². The van der Waals surface area contributed by atoms with Gasteiger partial charge in [0.15, 0.2) is 0 Å². The summed E-state index contributed by atoms with van der Waals surface area (Å²) in [6.07, 6.45) is 3.92. The molecule has 240 valence electrons. The van der Waals surface area contributed by atoms with Gasteiger partial charge in [0.1, 0.15) is 18.4 Å². The molecule has 0 radical (unpaired) electrons. The van der Waals surface area contributed by atoms with Gasteiger partial charge in [-0.2, -0.15) is 0 Å². The van der Waals surface area contributed by atoms with E-state index in [1.807, 2.05) is 37.3 Å². The molecule has 0 heterocycles. The summed E-state index contributed by atoms with van der Waals surface area (Å²) in [4.78, 5) is 30.0. The van der Waals surface area contributed by atoms with Gasteiger partial charge < -0.3 is 10.2 Å². The Morgan fingerprint density at radius 2 is 1.50 bits per heavy atom. The first-order valence-corrected chi connectivity index (χ1v) is 17.2. The number of rotatable bonds is 12. The van der Waals surface area contributed by atoms with Crippen LogP contribution in [0.4, 0.5) is 10.1 Å². The van der Waals surface area contributed by atoms with Crippen LogP contribution in [-0.2, 0) is 32.6 Å². The minimum atomic E-state index is -4.27. The fourth-order valence-corrected chi connectivity index (χ4v) is 7.43. The molecule has 5 rings (SSSR count). The topological polar surface area (TPSA) is 86.8 Å². The molecule has 10 heteroatoms. The van der Waals surface area contributed by atoms with Gasteiger partial charge in [-0.3, -0.25) is 13.9 Å². The first-order valence-electron chi connectivity index (χ1n) is 15.3. The van der Waals surface area contributed by atoms with Crippen LogP contribution in [0, 0.1) is 12.7 Å². The first-order chi connectivity index (χ1) is 22.1. The predicted molar refractivity (Wildman–Crippen MR) is 178 cm³/mol. The number of benzene rings is 4. The lowest BCUT2D eigenvalue weighted by Gasteiger charge is -2.34. The van der Waals surface area contributed by atoms with Crippen molar-refractivity contribution in [3.05, 3.63) is 131 Å². The van der Waals surface area contributed by atoms with Crippen LogP contribution in [0.2, 0.25) is 5.02 Å². The zero-order chi connectivity index (χ0) is 32.7. The van der Waals surface area contributed by atoms with Crippen LogP contribution in [0.3, 0.4) is 0 Å². The van der Waals surface area contributed by atoms with Crippen molar-refractivity contribution < 1.29 is 22.4 Å². The standard InChI is InChI=1S/C36H37ClFN3O4S/c1-26-15-21-31(22-16-26)46(44,45)41(33-14-8-7-13-32(33)37)25-35(42)40(24-28-17-19-29(38)20-18-28)34(23-27-9-3-2-4-10-27)36(43)39-30-11-5-6-12-30/h2-4,7-10,13-22,30,34H,5-6,11-12,23-25H2,1H3,(H,39,43). The first kappa shape index (κ1) is 33.2. The number of aryl methyl sites for hydroxylation is 1. The van der Waals surface area contributed by atoms with Crippen LogP contribution in [0.15, 0.2) is 108 Å². The van der Waals surface area contributed by atoms with E-state index in [0.29, 0.717) is 5.56 Å². The molecule has 1 atom stereocenters. The average molecular weight is 662 g/mol. The Balaban J connectivity index is 1.57. The van der Waals surface area contributed by atoms with Crippen molar-refractivity contribution in [1.82, 2.24) is 10.2 Å². The molecule has 4 aromatic carbocycles. The molecule has 0 aromatic heterocycles. The monoisotopic (exact) mass is 661 g/mol. The van der Waals surface area contributed by atoms with E-state index >= 15 is 0 Å². The van der Waals surface area contributed by atoms with Gasteiger partial charge in [0.05, 0.1) is 15.6 Å². The molecule has 1 fully saturated rings. The smallest absolute Gasteiger partial charge is 0.264 e. The SMILES string of the molecule is Cc1ccc(S(=O)(=O)N(CC(=O)N(Cc2ccc(F)cc2)C(Cc2ccccc2)C(=O)NC2CCCC2)c2ccccc2Cl)cc1. The number of halogens is 2. The highest BCUT2D eigenvalue weighted by atomic mass is 35.5. The van der Waals surface area contributed by atoms with Crippen LogP contribution in [-0.4, -0.2) is 43.8 Å². The maximum absolute atomic E-state index is 14.5. The van der Waals surface area contributed by atoms with Crippen LogP contribution >= 0.6 is 11.6 Å². The molecular formula is C36H37ClFN3O4S. The van der Waals surface area contributed by atoms with Gasteiger partial charge in [0.25, 0.3) is 10.0 Å². The number of hydrogen-bond acceptors (Lipinski definition) is 4. The third-order valence-corrected chi connectivity index (χ3v) is 10.3. The molecule has 1 saturated carbocycles. The summed E-state index contributed by atoms with van der Waals surface area (Å²) < 4.78 is 43.2. The molecule has 0 saturated heterocycles. The minimum absolute atomic E-state index is 0.00397. The largest absolute Gasteiger partial charge is 0.352 e. The normalized spacial score (nSPS) is 14.1. The molecule has 1 N–H and O–H groups in total. The third kappa shape index (κ3) is 8.13. The van der Waals surface area contributed by atoms with E-state index in [-0.39, 0.29) is 40.5 Å². The minimum Gasteiger partial charge on any atom is -0.352 e. The second-order valence-corrected chi connectivity index (χ2v) is 13.9. The Bertz CT molecular complexity index is 1750. The fourth-order valence-electron chi connectivity index (χ4n) is 5.71. The van der Waals surface area contributed by atoms with E-state index in [4.69, 9.17) is 11.6 Å². The summed E-state index contributed by atoms with van der Waals surface area (Å²) >= 11 is 6.53. The molecule has 4 aromatic rings. The quantitative estimate of drug-likeness (QED) is 0.184. The van der Waals surface area contributed by atoms with E-state index in [0.717, 1.165) is 41.1 Å². The molecular weight excluding hydrogens is 625 g/mol. The molecule has 46 heavy (non-hydrogen) atoms. The molecule has 1 aliphatic carbocycles. The molecule has 1 aliphatic rings. The number of carbonyl (C=O) groups is 2. The van der Waals surface area contributed by atoms with Gasteiger partial charge in [0.2, 0.25) is 11.8 Å². The van der Waals surface area contributed by atoms with Crippen LogP contribution in [0.25, 0.3) is 0 Å². The maximum atomic E-state index is 14.5. The molecule has 0 aliphatic heterocycles. The maximum Gasteiger partial charge on any atom is 0.264 e. The molecule has 0 bridgehead atoms. The van der Waals surface area contributed by atoms with Crippen molar-refractivity contribution in [2.45, 2.75) is 62.6 Å². The molecule has 2 amide bonds. The number of nitrogens with one attached hydrogen (secondary N) is 1. The highest BCUT2D eigenvalue weighted by molar-refractivity contribution is 7.92. The summed E-state index contributed by atoms with van der Waals surface area (Å²) in [5.41, 5.74) is 2.44. The van der Waals surface area contributed by atoms with Gasteiger partial charge in [-0.25, -0.2) is 12.8 Å². The van der Waals surface area contributed by atoms with Crippen molar-refractivity contribution in [2.75, 3.05) is 10.8 Å². The Morgan fingerprint density at radius 1 is 0.870 bits per heavy atom. The lowest BCUT2D eigenvalue weighted by Crippen LogP contribution is -2.54. The van der Waals surface area contributed by atoms with Gasteiger partial charge in [-0.05, 0) is 67.3 Å². The number of anilines is 1. The molecule has 7 nitrogen and oxygen atoms in total. The van der Waals surface area contributed by atoms with Gasteiger partial charge in [0, 0.05) is 19.0 Å². The zero-order valence-corrected chi connectivity index (χ0v) is 27.2. The Hall–Kier alpha value is -4.21. The second-order valence-electron chi connectivity index (χ2n) is 11.6. The lowest BCUT2D eigenvalue weighted by molar-refractivity contribution is -0.140. The number of nitrogens with zero attached hydrogens (tertiary/aromatic N) is 2. The second kappa shape index (κ2) is 14.9. The summed E-state index contributed by atoms with van der Waals surface area (Å²) in [5, 5.41) is 3.29. The van der Waals surface area contributed by atoms with Crippen molar-refractivity contribution in [1.29, 1.82) is 0 Å². The Kier molecular flexibility index (Phi) is 10.8. The number of hydrogen-bond donors (Lipinski definition) is 1. The average Bonchev–Trinajstić information content (AvgIpc) is 3.56. The van der Waals surface area contributed by atoms with Crippen molar-refractivity contribution in [3.63, 3.8) is 0 Å². The molecule has 0 spiro atoms. The van der Waals surface area contributed by atoms with Crippen molar-refractivity contribution >= 4 is 39.1 Å². The van der Waals surface area contributed by atoms with E-state index in [1.54, 1.807) is 48.5 Å². The summed E-state index contributed by atoms with van der Waals surface area (Å²) in [5.74, 6) is -1.37. The molecule has 1 unspecified atom stereocenters. The van der Waals surface area contributed by atoms with E-state index in [9.17, 15) is 22.4 Å². The van der Waals surface area contributed by atoms with E-state index in [2.05, 4.69) is 5.32 Å². The Labute approximate surface area is 275 Å². The summed E-state index contributed by atoms with van der Waals surface area (Å²) in [7, 11) is -4.27. The highest BCUT2D eigenvalue weighted by Gasteiger charge is 2.36. The highest BCUT2D eigenvalue weighted by Crippen LogP contribution is 2.31. The lowest BCUT2D eigenvalue weighted by atomic mass is 10.0. The Morgan fingerprint density at radius 3 is 2.15 bits per heavy atom. The van der Waals surface area contributed by atoms with Gasteiger partial charge >= 0.3 is 0 Å². The van der Waals surface area contributed by atoms with E-state index in [1.165, 1.54) is 29.2 Å².